The fourth-order valence-electron chi connectivity index (χ4n) is 2.57. The van der Waals surface area contributed by atoms with Gasteiger partial charge in [-0.15, -0.1) is 0 Å². The lowest BCUT2D eigenvalue weighted by molar-refractivity contribution is -0.141. The molecular weight excluding hydrogens is 293 g/mol. The first-order valence-electron chi connectivity index (χ1n) is 7.44. The van der Waals surface area contributed by atoms with Crippen LogP contribution in [0.5, 0.6) is 0 Å². The standard InChI is InChI=1S/C16H21F3N2O/c1-11(9-20-2)15(22)21(13-7-8-13)10-12-5-3-4-6-14(12)16(17,18)19/h3-6,11,13,20H,7-10H2,1-2H3. The normalized spacial score (nSPS) is 16.4. The second-order valence-electron chi connectivity index (χ2n) is 5.81. The smallest absolute Gasteiger partial charge is 0.335 e. The minimum absolute atomic E-state index is 0.0211. The van der Waals surface area contributed by atoms with Gasteiger partial charge in [0.2, 0.25) is 5.91 Å². The Morgan fingerprint density at radius 3 is 2.55 bits per heavy atom. The van der Waals surface area contributed by atoms with Gasteiger partial charge in [0.15, 0.2) is 0 Å². The van der Waals surface area contributed by atoms with Crippen LogP contribution >= 0.6 is 0 Å². The largest absolute Gasteiger partial charge is 0.416 e. The van der Waals surface area contributed by atoms with Crippen LogP contribution in [-0.2, 0) is 17.5 Å². The molecule has 0 spiro atoms. The average Bonchev–Trinajstić information content (AvgIpc) is 3.28. The van der Waals surface area contributed by atoms with Crippen LogP contribution in [0.4, 0.5) is 13.2 Å². The van der Waals surface area contributed by atoms with Crippen molar-refractivity contribution in [2.45, 2.75) is 38.5 Å². The molecule has 0 bridgehead atoms. The molecule has 1 aliphatic carbocycles. The fourth-order valence-corrected chi connectivity index (χ4v) is 2.57. The summed E-state index contributed by atoms with van der Waals surface area (Å²) in [6, 6.07) is 5.56. The summed E-state index contributed by atoms with van der Waals surface area (Å²) in [6.07, 6.45) is -2.66. The summed E-state index contributed by atoms with van der Waals surface area (Å²) in [5.74, 6) is -0.336. The Bertz CT molecular complexity index is 526. The van der Waals surface area contributed by atoms with Gasteiger partial charge in [-0.25, -0.2) is 0 Å². The number of rotatable bonds is 6. The van der Waals surface area contributed by atoms with Gasteiger partial charge in [-0.1, -0.05) is 25.1 Å². The summed E-state index contributed by atoms with van der Waals surface area (Å²) >= 11 is 0. The van der Waals surface area contributed by atoms with Crippen LogP contribution in [0.15, 0.2) is 24.3 Å². The Hall–Kier alpha value is -1.56. The maximum atomic E-state index is 13.1. The van der Waals surface area contributed by atoms with Crippen molar-refractivity contribution < 1.29 is 18.0 Å². The molecule has 1 aromatic carbocycles. The van der Waals surface area contributed by atoms with E-state index in [1.807, 2.05) is 0 Å². The van der Waals surface area contributed by atoms with Gasteiger partial charge in [-0.3, -0.25) is 4.79 Å². The third kappa shape index (κ3) is 4.00. The van der Waals surface area contributed by atoms with Crippen molar-refractivity contribution in [3.63, 3.8) is 0 Å². The molecule has 6 heteroatoms. The zero-order valence-corrected chi connectivity index (χ0v) is 12.8. The molecule has 0 radical (unpaired) electrons. The van der Waals surface area contributed by atoms with E-state index in [9.17, 15) is 18.0 Å². The van der Waals surface area contributed by atoms with Crippen LogP contribution in [0.25, 0.3) is 0 Å². The predicted molar refractivity (Wildman–Crippen MR) is 78.1 cm³/mol. The lowest BCUT2D eigenvalue weighted by atomic mass is 10.0. The second-order valence-corrected chi connectivity index (χ2v) is 5.81. The topological polar surface area (TPSA) is 32.3 Å². The maximum absolute atomic E-state index is 13.1. The highest BCUT2D eigenvalue weighted by Crippen LogP contribution is 2.35. The van der Waals surface area contributed by atoms with Gasteiger partial charge >= 0.3 is 6.18 Å². The van der Waals surface area contributed by atoms with Crippen molar-refractivity contribution in [3.05, 3.63) is 35.4 Å². The van der Waals surface area contributed by atoms with Crippen LogP contribution in [0, 0.1) is 5.92 Å². The summed E-state index contributed by atoms with van der Waals surface area (Å²) in [5, 5.41) is 2.93. The van der Waals surface area contributed by atoms with Gasteiger partial charge in [0.1, 0.15) is 0 Å². The van der Waals surface area contributed by atoms with E-state index in [1.165, 1.54) is 12.1 Å². The van der Waals surface area contributed by atoms with E-state index in [4.69, 9.17) is 0 Å². The quantitative estimate of drug-likeness (QED) is 0.875. The monoisotopic (exact) mass is 314 g/mol. The molecule has 1 aromatic rings. The van der Waals surface area contributed by atoms with E-state index >= 15 is 0 Å². The first kappa shape index (κ1) is 16.8. The third-order valence-corrected chi connectivity index (χ3v) is 3.87. The lowest BCUT2D eigenvalue weighted by Gasteiger charge is -2.27. The SMILES string of the molecule is CNCC(C)C(=O)N(Cc1ccccc1C(F)(F)F)C1CC1. The summed E-state index contributed by atoms with van der Waals surface area (Å²) in [7, 11) is 1.75. The van der Waals surface area contributed by atoms with Gasteiger partial charge in [0.25, 0.3) is 0 Å². The van der Waals surface area contributed by atoms with E-state index in [0.29, 0.717) is 6.54 Å². The Morgan fingerprint density at radius 1 is 1.36 bits per heavy atom. The molecule has 0 heterocycles. The highest BCUT2D eigenvalue weighted by molar-refractivity contribution is 5.79. The highest BCUT2D eigenvalue weighted by atomic mass is 19.4. The zero-order chi connectivity index (χ0) is 16.3. The number of alkyl halides is 3. The highest BCUT2D eigenvalue weighted by Gasteiger charge is 2.37. The minimum atomic E-state index is -4.40. The number of hydrogen-bond donors (Lipinski definition) is 1. The molecule has 1 unspecified atom stereocenters. The zero-order valence-electron chi connectivity index (χ0n) is 12.8. The number of hydrogen-bond acceptors (Lipinski definition) is 2. The Kier molecular flexibility index (Phi) is 5.11. The Balaban J connectivity index is 2.21. The van der Waals surface area contributed by atoms with Crippen LogP contribution in [0.2, 0.25) is 0 Å². The fraction of sp³-hybridized carbons (Fsp3) is 0.562. The molecule has 1 aliphatic rings. The molecule has 0 saturated heterocycles. The van der Waals surface area contributed by atoms with Crippen molar-refractivity contribution >= 4 is 5.91 Å². The number of carbonyl (C=O) groups is 1. The van der Waals surface area contributed by atoms with Crippen molar-refractivity contribution in [1.82, 2.24) is 10.2 Å². The number of carbonyl (C=O) groups excluding carboxylic acids is 1. The van der Waals surface area contributed by atoms with Gasteiger partial charge in [0.05, 0.1) is 5.56 Å². The number of amides is 1. The van der Waals surface area contributed by atoms with E-state index < -0.39 is 11.7 Å². The molecule has 122 valence electrons. The Labute approximate surface area is 128 Å². The first-order chi connectivity index (χ1) is 10.3. The number of benzene rings is 1. The lowest BCUT2D eigenvalue weighted by Crippen LogP contribution is -2.39. The molecular formula is C16H21F3N2O. The van der Waals surface area contributed by atoms with E-state index in [0.717, 1.165) is 18.9 Å². The van der Waals surface area contributed by atoms with Crippen LogP contribution in [-0.4, -0.2) is 30.4 Å². The van der Waals surface area contributed by atoms with E-state index in [1.54, 1.807) is 24.9 Å². The van der Waals surface area contributed by atoms with Crippen molar-refractivity contribution in [2.75, 3.05) is 13.6 Å². The van der Waals surface area contributed by atoms with Crippen molar-refractivity contribution in [2.24, 2.45) is 5.92 Å². The van der Waals surface area contributed by atoms with Crippen molar-refractivity contribution in [3.8, 4) is 0 Å². The van der Waals surface area contributed by atoms with E-state index in [2.05, 4.69) is 5.32 Å². The summed E-state index contributed by atoms with van der Waals surface area (Å²) in [6.45, 7) is 2.33. The van der Waals surface area contributed by atoms with Gasteiger partial charge in [-0.2, -0.15) is 13.2 Å². The molecule has 2 rings (SSSR count). The van der Waals surface area contributed by atoms with Crippen LogP contribution in [0.3, 0.4) is 0 Å². The third-order valence-electron chi connectivity index (χ3n) is 3.87. The molecule has 1 saturated carbocycles. The average molecular weight is 314 g/mol. The summed E-state index contributed by atoms with van der Waals surface area (Å²) < 4.78 is 39.2. The second kappa shape index (κ2) is 6.69. The Morgan fingerprint density at radius 2 is 2.00 bits per heavy atom. The molecule has 22 heavy (non-hydrogen) atoms. The van der Waals surface area contributed by atoms with Crippen LogP contribution < -0.4 is 5.32 Å². The molecule has 0 aromatic heterocycles. The summed E-state index contributed by atoms with van der Waals surface area (Å²) in [4.78, 5) is 14.1. The van der Waals surface area contributed by atoms with Gasteiger partial charge in [-0.05, 0) is 31.5 Å². The predicted octanol–water partition coefficient (Wildman–Crippen LogP) is 3.05. The molecule has 1 fully saturated rings. The van der Waals surface area contributed by atoms with Gasteiger partial charge in [0, 0.05) is 25.0 Å². The van der Waals surface area contributed by atoms with E-state index in [-0.39, 0.29) is 30.0 Å². The minimum Gasteiger partial charge on any atom is -0.335 e. The number of nitrogens with one attached hydrogen (secondary N) is 1. The maximum Gasteiger partial charge on any atom is 0.416 e. The molecule has 1 amide bonds. The summed E-state index contributed by atoms with van der Waals surface area (Å²) in [5.41, 5.74) is -0.498. The van der Waals surface area contributed by atoms with Gasteiger partial charge < -0.3 is 10.2 Å². The number of halogens is 3. The molecule has 0 aliphatic heterocycles. The number of nitrogens with zero attached hydrogens (tertiary/aromatic N) is 1. The first-order valence-corrected chi connectivity index (χ1v) is 7.44. The molecule has 1 atom stereocenters. The molecule has 3 nitrogen and oxygen atoms in total. The van der Waals surface area contributed by atoms with Crippen LogP contribution in [0.1, 0.15) is 30.9 Å². The van der Waals surface area contributed by atoms with Crippen molar-refractivity contribution in [1.29, 1.82) is 0 Å². The molecule has 1 N–H and O–H groups in total.